The lowest BCUT2D eigenvalue weighted by Gasteiger charge is -2.30. The van der Waals surface area contributed by atoms with Crippen LogP contribution in [0.1, 0.15) is 19.8 Å². The quantitative estimate of drug-likeness (QED) is 0.607. The van der Waals surface area contributed by atoms with Crippen molar-refractivity contribution in [3.8, 4) is 5.75 Å². The van der Waals surface area contributed by atoms with Gasteiger partial charge in [-0.15, -0.1) is 0 Å². The molecule has 0 bridgehead atoms. The predicted molar refractivity (Wildman–Crippen MR) is 119 cm³/mol. The maximum absolute atomic E-state index is 13.1. The summed E-state index contributed by atoms with van der Waals surface area (Å²) in [6.45, 7) is 2.95. The molecule has 1 saturated heterocycles. The van der Waals surface area contributed by atoms with Crippen LogP contribution in [-0.2, 0) is 21.9 Å². The van der Waals surface area contributed by atoms with Gasteiger partial charge in [0.1, 0.15) is 5.75 Å². The number of aromatic nitrogens is 1. The molecule has 0 saturated carbocycles. The fourth-order valence-electron chi connectivity index (χ4n) is 3.83. The number of nitrogens with one attached hydrogen (secondary N) is 1. The zero-order chi connectivity index (χ0) is 22.9. The highest BCUT2D eigenvalue weighted by atomic mass is 32.2. The van der Waals surface area contributed by atoms with Crippen molar-refractivity contribution in [2.75, 3.05) is 25.0 Å². The molecule has 1 aliphatic heterocycles. The van der Waals surface area contributed by atoms with Crippen LogP contribution in [-0.4, -0.2) is 42.9 Å². The number of sulfonamides is 1. The molecule has 1 aliphatic rings. The Kier molecular flexibility index (Phi) is 6.07. The minimum Gasteiger partial charge on any atom is -0.494 e. The summed E-state index contributed by atoms with van der Waals surface area (Å²) >= 11 is 0. The second-order valence-corrected chi connectivity index (χ2v) is 9.62. The summed E-state index contributed by atoms with van der Waals surface area (Å²) in [6.07, 6.45) is 0.843. The number of carbonyl (C=O) groups excluding carboxylic acids is 1. The van der Waals surface area contributed by atoms with Gasteiger partial charge < -0.3 is 14.5 Å². The van der Waals surface area contributed by atoms with Gasteiger partial charge in [-0.3, -0.25) is 9.36 Å². The molecule has 0 radical (unpaired) electrons. The molecule has 1 aromatic heterocycles. The number of piperidine rings is 1. The second kappa shape index (κ2) is 8.79. The van der Waals surface area contributed by atoms with Crippen molar-refractivity contribution < 1.29 is 22.4 Å². The smallest absolute Gasteiger partial charge is 0.419 e. The number of aryl methyl sites for hydroxylation is 1. The lowest BCUT2D eigenvalue weighted by molar-refractivity contribution is -0.120. The lowest BCUT2D eigenvalue weighted by atomic mass is 9.97. The monoisotopic (exact) mass is 459 g/mol. The fourth-order valence-corrected chi connectivity index (χ4v) is 5.31. The van der Waals surface area contributed by atoms with Crippen molar-refractivity contribution >= 4 is 32.7 Å². The van der Waals surface area contributed by atoms with Crippen molar-refractivity contribution in [3.05, 3.63) is 53.0 Å². The van der Waals surface area contributed by atoms with E-state index >= 15 is 0 Å². The molecule has 0 atom stereocenters. The van der Waals surface area contributed by atoms with E-state index in [2.05, 4.69) is 5.32 Å². The van der Waals surface area contributed by atoms with Gasteiger partial charge in [0, 0.05) is 37.8 Å². The first-order chi connectivity index (χ1) is 15.3. The Morgan fingerprint density at radius 3 is 2.50 bits per heavy atom. The van der Waals surface area contributed by atoms with Crippen molar-refractivity contribution in [1.82, 2.24) is 8.87 Å². The third-order valence-electron chi connectivity index (χ3n) is 5.66. The molecule has 0 spiro atoms. The number of hydrogen-bond donors (Lipinski definition) is 1. The van der Waals surface area contributed by atoms with E-state index in [-0.39, 0.29) is 35.4 Å². The summed E-state index contributed by atoms with van der Waals surface area (Å²) < 4.78 is 39.3. The number of hydrogen-bond acceptors (Lipinski definition) is 6. The van der Waals surface area contributed by atoms with Crippen molar-refractivity contribution in [1.29, 1.82) is 0 Å². The number of rotatable bonds is 6. The average molecular weight is 460 g/mol. The molecule has 170 valence electrons. The van der Waals surface area contributed by atoms with Crippen LogP contribution >= 0.6 is 0 Å². The summed E-state index contributed by atoms with van der Waals surface area (Å²) in [5.41, 5.74) is 1.42. The summed E-state index contributed by atoms with van der Waals surface area (Å²) in [6, 6.07) is 11.5. The summed E-state index contributed by atoms with van der Waals surface area (Å²) in [7, 11) is -2.20. The highest BCUT2D eigenvalue weighted by molar-refractivity contribution is 7.89. The molecular formula is C22H25N3O6S. The third-order valence-corrected chi connectivity index (χ3v) is 7.55. The number of oxazole rings is 1. The zero-order valence-electron chi connectivity index (χ0n) is 17.9. The van der Waals surface area contributed by atoms with Crippen molar-refractivity contribution in [2.45, 2.75) is 24.7 Å². The Hall–Kier alpha value is -3.11. The van der Waals surface area contributed by atoms with Crippen LogP contribution in [0.2, 0.25) is 0 Å². The minimum atomic E-state index is -3.76. The number of carbonyl (C=O) groups is 1. The van der Waals surface area contributed by atoms with Crippen LogP contribution in [0.4, 0.5) is 5.69 Å². The molecule has 1 N–H and O–H groups in total. The average Bonchev–Trinajstić information content (AvgIpc) is 3.08. The molecule has 32 heavy (non-hydrogen) atoms. The van der Waals surface area contributed by atoms with E-state index in [0.717, 1.165) is 5.75 Å². The van der Waals surface area contributed by atoms with Crippen molar-refractivity contribution in [2.24, 2.45) is 13.0 Å². The van der Waals surface area contributed by atoms with Gasteiger partial charge >= 0.3 is 5.76 Å². The molecule has 2 heterocycles. The molecule has 4 rings (SSSR count). The minimum absolute atomic E-state index is 0.0663. The number of benzene rings is 2. The lowest BCUT2D eigenvalue weighted by Crippen LogP contribution is -2.41. The van der Waals surface area contributed by atoms with Gasteiger partial charge in [-0.05, 0) is 56.2 Å². The number of amides is 1. The van der Waals surface area contributed by atoms with Gasteiger partial charge in [0.25, 0.3) is 0 Å². The third kappa shape index (κ3) is 4.28. The first-order valence-corrected chi connectivity index (χ1v) is 11.9. The van der Waals surface area contributed by atoms with E-state index in [4.69, 9.17) is 9.15 Å². The van der Waals surface area contributed by atoms with Crippen LogP contribution in [0.5, 0.6) is 5.75 Å². The first-order valence-electron chi connectivity index (χ1n) is 10.4. The molecule has 10 heteroatoms. The zero-order valence-corrected chi connectivity index (χ0v) is 18.7. The van der Waals surface area contributed by atoms with Gasteiger partial charge in [-0.2, -0.15) is 4.31 Å². The van der Waals surface area contributed by atoms with Gasteiger partial charge in [0.05, 0.1) is 17.0 Å². The Labute approximate surface area is 185 Å². The van der Waals surface area contributed by atoms with Crippen LogP contribution in [0.3, 0.4) is 0 Å². The van der Waals surface area contributed by atoms with Crippen LogP contribution in [0.15, 0.2) is 56.6 Å². The largest absolute Gasteiger partial charge is 0.494 e. The maximum Gasteiger partial charge on any atom is 0.419 e. The second-order valence-electron chi connectivity index (χ2n) is 7.68. The van der Waals surface area contributed by atoms with Gasteiger partial charge in [0.2, 0.25) is 15.9 Å². The number of nitrogens with zero attached hydrogens (tertiary/aromatic N) is 2. The SMILES string of the molecule is CCOc1ccc(NC(=O)C2CCN(S(=O)(=O)c3ccc4c(c3)oc(=O)n4C)CC2)cc1. The van der Waals surface area contributed by atoms with Crippen LogP contribution in [0, 0.1) is 5.92 Å². The first kappa shape index (κ1) is 22.1. The van der Waals surface area contributed by atoms with E-state index in [9.17, 15) is 18.0 Å². The Morgan fingerprint density at radius 1 is 1.16 bits per heavy atom. The predicted octanol–water partition coefficient (Wildman–Crippen LogP) is 2.57. The number of anilines is 1. The van der Waals surface area contributed by atoms with Gasteiger partial charge in [-0.1, -0.05) is 0 Å². The summed E-state index contributed by atoms with van der Waals surface area (Å²) in [4.78, 5) is 24.4. The molecule has 2 aromatic carbocycles. The fraction of sp³-hybridized carbons (Fsp3) is 0.364. The highest BCUT2D eigenvalue weighted by Gasteiger charge is 2.32. The van der Waals surface area contributed by atoms with Crippen LogP contribution < -0.4 is 15.8 Å². The van der Waals surface area contributed by atoms with E-state index < -0.39 is 15.8 Å². The van der Waals surface area contributed by atoms with Crippen molar-refractivity contribution in [3.63, 3.8) is 0 Å². The summed E-state index contributed by atoms with van der Waals surface area (Å²) in [5, 5.41) is 2.89. The molecule has 1 fully saturated rings. The molecule has 1 amide bonds. The molecule has 0 unspecified atom stereocenters. The molecule has 3 aromatic rings. The summed E-state index contributed by atoms with van der Waals surface area (Å²) in [5.74, 6) is -0.216. The molecular weight excluding hydrogens is 434 g/mol. The number of ether oxygens (including phenoxy) is 1. The Bertz CT molecular complexity index is 1290. The van der Waals surface area contributed by atoms with Crippen LogP contribution in [0.25, 0.3) is 11.1 Å². The molecule has 9 nitrogen and oxygen atoms in total. The highest BCUT2D eigenvalue weighted by Crippen LogP contribution is 2.27. The van der Waals surface area contributed by atoms with E-state index in [0.29, 0.717) is 30.7 Å². The topological polar surface area (TPSA) is 111 Å². The van der Waals surface area contributed by atoms with E-state index in [1.807, 2.05) is 6.92 Å². The normalized spacial score (nSPS) is 15.7. The standard InChI is InChI=1S/C22H25N3O6S/c1-3-30-17-6-4-16(5-7-17)23-21(26)15-10-12-25(13-11-15)32(28,29)18-8-9-19-20(14-18)31-22(27)24(19)2/h4-9,14-15H,3,10-13H2,1-2H3,(H,23,26). The number of fused-ring (bicyclic) bond motifs is 1. The Balaban J connectivity index is 1.40. The maximum atomic E-state index is 13.1. The van der Waals surface area contributed by atoms with Gasteiger partial charge in [-0.25, -0.2) is 13.2 Å². The van der Waals surface area contributed by atoms with Gasteiger partial charge in [0.15, 0.2) is 5.58 Å². The van der Waals surface area contributed by atoms with E-state index in [1.54, 1.807) is 37.4 Å². The Morgan fingerprint density at radius 2 is 1.84 bits per heavy atom. The van der Waals surface area contributed by atoms with E-state index in [1.165, 1.54) is 21.0 Å². The molecule has 0 aliphatic carbocycles.